The third kappa shape index (κ3) is 3.70. The van der Waals surface area contributed by atoms with E-state index in [0.29, 0.717) is 31.9 Å². The fraction of sp³-hybridized carbons (Fsp3) is 0.467. The van der Waals surface area contributed by atoms with Crippen LogP contribution >= 0.6 is 0 Å². The van der Waals surface area contributed by atoms with Gasteiger partial charge in [0.05, 0.1) is 12.2 Å². The lowest BCUT2D eigenvalue weighted by Crippen LogP contribution is -2.49. The van der Waals surface area contributed by atoms with E-state index in [9.17, 15) is 9.18 Å². The molecule has 1 aliphatic heterocycles. The van der Waals surface area contributed by atoms with Crippen molar-refractivity contribution < 1.29 is 9.18 Å². The van der Waals surface area contributed by atoms with E-state index in [2.05, 4.69) is 10.2 Å². The van der Waals surface area contributed by atoms with Crippen molar-refractivity contribution in [1.82, 2.24) is 10.2 Å². The maximum absolute atomic E-state index is 13.6. The van der Waals surface area contributed by atoms with Crippen LogP contribution in [0.3, 0.4) is 0 Å². The molecule has 0 bridgehead atoms. The first-order chi connectivity index (χ1) is 10.2. The molecular formula is C15H19FN4O. The van der Waals surface area contributed by atoms with E-state index in [1.54, 1.807) is 12.1 Å². The number of halogens is 1. The number of amides is 1. The predicted octanol–water partition coefficient (Wildman–Crippen LogP) is 0.955. The van der Waals surface area contributed by atoms with Crippen LogP contribution in [0.5, 0.6) is 0 Å². The summed E-state index contributed by atoms with van der Waals surface area (Å²) in [4.78, 5) is 15.6. The number of carbonyl (C=O) groups is 1. The van der Waals surface area contributed by atoms with Crippen LogP contribution < -0.4 is 10.2 Å². The third-order valence-corrected chi connectivity index (χ3v) is 3.56. The zero-order valence-corrected chi connectivity index (χ0v) is 12.1. The predicted molar refractivity (Wildman–Crippen MR) is 78.5 cm³/mol. The van der Waals surface area contributed by atoms with Gasteiger partial charge in [-0.1, -0.05) is 6.07 Å². The molecule has 6 heteroatoms. The summed E-state index contributed by atoms with van der Waals surface area (Å²) in [6.45, 7) is 5.71. The normalized spacial score (nSPS) is 15.6. The first-order valence-corrected chi connectivity index (χ1v) is 7.08. The van der Waals surface area contributed by atoms with Gasteiger partial charge in [0, 0.05) is 32.7 Å². The van der Waals surface area contributed by atoms with Crippen LogP contribution in [0.2, 0.25) is 0 Å². The number of rotatable bonds is 4. The summed E-state index contributed by atoms with van der Waals surface area (Å²) in [6.07, 6.45) is 0. The Balaban J connectivity index is 1.97. The van der Waals surface area contributed by atoms with E-state index in [0.717, 1.165) is 13.1 Å². The summed E-state index contributed by atoms with van der Waals surface area (Å²) in [5.74, 6) is -0.464. The van der Waals surface area contributed by atoms with Crippen molar-refractivity contribution in [2.45, 2.75) is 6.92 Å². The molecule has 0 aliphatic carbocycles. The highest BCUT2D eigenvalue weighted by Gasteiger charge is 2.21. The fourth-order valence-corrected chi connectivity index (χ4v) is 2.49. The number of anilines is 1. The smallest absolute Gasteiger partial charge is 0.234 e. The highest BCUT2D eigenvalue weighted by atomic mass is 19.1. The van der Waals surface area contributed by atoms with Gasteiger partial charge in [0.2, 0.25) is 5.91 Å². The summed E-state index contributed by atoms with van der Waals surface area (Å²) in [5, 5.41) is 11.9. The van der Waals surface area contributed by atoms with E-state index < -0.39 is 5.82 Å². The molecule has 0 unspecified atom stereocenters. The van der Waals surface area contributed by atoms with Gasteiger partial charge in [0.25, 0.3) is 0 Å². The molecule has 112 valence electrons. The summed E-state index contributed by atoms with van der Waals surface area (Å²) < 4.78 is 13.6. The lowest BCUT2D eigenvalue weighted by molar-refractivity contribution is -0.122. The van der Waals surface area contributed by atoms with E-state index in [-0.39, 0.29) is 11.5 Å². The average molecular weight is 290 g/mol. The molecule has 1 fully saturated rings. The fourth-order valence-electron chi connectivity index (χ4n) is 2.49. The van der Waals surface area contributed by atoms with Crippen molar-refractivity contribution >= 4 is 11.6 Å². The van der Waals surface area contributed by atoms with Gasteiger partial charge in [0.15, 0.2) is 0 Å². The summed E-state index contributed by atoms with van der Waals surface area (Å²) in [7, 11) is 0. The lowest BCUT2D eigenvalue weighted by atomic mass is 10.1. The SMILES string of the molecule is CCNC(=O)CN1CCN(c2cccc(F)c2C#N)CC1. The quantitative estimate of drug-likeness (QED) is 0.897. The number of piperazine rings is 1. The van der Waals surface area contributed by atoms with E-state index >= 15 is 0 Å². The molecule has 1 amide bonds. The molecule has 2 rings (SSSR count). The zero-order valence-electron chi connectivity index (χ0n) is 12.1. The molecule has 5 nitrogen and oxygen atoms in total. The van der Waals surface area contributed by atoms with E-state index in [1.165, 1.54) is 6.07 Å². The Morgan fingerprint density at radius 1 is 1.38 bits per heavy atom. The third-order valence-electron chi connectivity index (χ3n) is 3.56. The van der Waals surface area contributed by atoms with Crippen molar-refractivity contribution in [3.63, 3.8) is 0 Å². The Kier molecular flexibility index (Phi) is 5.12. The van der Waals surface area contributed by atoms with Crippen molar-refractivity contribution in [3.05, 3.63) is 29.6 Å². The highest BCUT2D eigenvalue weighted by Crippen LogP contribution is 2.23. The van der Waals surface area contributed by atoms with Crippen molar-refractivity contribution in [2.24, 2.45) is 0 Å². The molecule has 21 heavy (non-hydrogen) atoms. The van der Waals surface area contributed by atoms with E-state index in [4.69, 9.17) is 5.26 Å². The Bertz CT molecular complexity index is 547. The molecule has 0 radical (unpaired) electrons. The van der Waals surface area contributed by atoms with Crippen LogP contribution in [0.25, 0.3) is 0 Å². The highest BCUT2D eigenvalue weighted by molar-refractivity contribution is 5.78. The summed E-state index contributed by atoms with van der Waals surface area (Å²) >= 11 is 0. The van der Waals surface area contributed by atoms with Crippen molar-refractivity contribution in [1.29, 1.82) is 5.26 Å². The van der Waals surface area contributed by atoms with Crippen molar-refractivity contribution in [3.8, 4) is 6.07 Å². The second-order valence-corrected chi connectivity index (χ2v) is 4.96. The molecule has 0 atom stereocenters. The second kappa shape index (κ2) is 7.04. The Morgan fingerprint density at radius 3 is 2.71 bits per heavy atom. The maximum atomic E-state index is 13.6. The first kappa shape index (κ1) is 15.3. The molecule has 1 saturated heterocycles. The molecular weight excluding hydrogens is 271 g/mol. The molecule has 1 aromatic rings. The monoisotopic (exact) mass is 290 g/mol. The Morgan fingerprint density at radius 2 is 2.10 bits per heavy atom. The number of carbonyl (C=O) groups excluding carboxylic acids is 1. The number of likely N-dealkylation sites (N-methyl/N-ethyl adjacent to an activating group) is 1. The standard InChI is InChI=1S/C15H19FN4O/c1-2-18-15(21)11-19-6-8-20(9-7-19)14-5-3-4-13(16)12(14)10-17/h3-5H,2,6-9,11H2,1H3,(H,18,21). The molecule has 0 saturated carbocycles. The number of nitriles is 1. The zero-order chi connectivity index (χ0) is 15.2. The summed E-state index contributed by atoms with van der Waals surface area (Å²) in [6, 6.07) is 6.61. The van der Waals surface area contributed by atoms with Crippen LogP contribution in [0.1, 0.15) is 12.5 Å². The lowest BCUT2D eigenvalue weighted by Gasteiger charge is -2.36. The first-order valence-electron chi connectivity index (χ1n) is 7.08. The van der Waals surface area contributed by atoms with Crippen LogP contribution in [0.15, 0.2) is 18.2 Å². The Labute approximate surface area is 123 Å². The maximum Gasteiger partial charge on any atom is 0.234 e. The number of hydrogen-bond donors (Lipinski definition) is 1. The van der Waals surface area contributed by atoms with Crippen LogP contribution in [-0.4, -0.2) is 50.1 Å². The van der Waals surface area contributed by atoms with Gasteiger partial charge in [-0.3, -0.25) is 9.69 Å². The van der Waals surface area contributed by atoms with Crippen LogP contribution in [0.4, 0.5) is 10.1 Å². The summed E-state index contributed by atoms with van der Waals surface area (Å²) in [5.41, 5.74) is 0.727. The molecule has 0 aromatic heterocycles. The average Bonchev–Trinajstić information content (AvgIpc) is 2.48. The van der Waals surface area contributed by atoms with Gasteiger partial charge in [-0.15, -0.1) is 0 Å². The number of nitrogens with zero attached hydrogens (tertiary/aromatic N) is 3. The van der Waals surface area contributed by atoms with Crippen molar-refractivity contribution in [2.75, 3.05) is 44.2 Å². The molecule has 1 aromatic carbocycles. The molecule has 1 N–H and O–H groups in total. The largest absolute Gasteiger partial charge is 0.368 e. The van der Waals surface area contributed by atoms with Gasteiger partial charge < -0.3 is 10.2 Å². The minimum Gasteiger partial charge on any atom is -0.368 e. The van der Waals surface area contributed by atoms with Gasteiger partial charge in [-0.05, 0) is 19.1 Å². The minimum absolute atomic E-state index is 0.0226. The molecule has 0 spiro atoms. The van der Waals surface area contributed by atoms with Gasteiger partial charge in [-0.2, -0.15) is 5.26 Å². The Hall–Kier alpha value is -2.13. The molecule has 1 aliphatic rings. The molecule has 1 heterocycles. The van der Waals surface area contributed by atoms with Gasteiger partial charge in [-0.25, -0.2) is 4.39 Å². The number of nitrogens with one attached hydrogen (secondary N) is 1. The van der Waals surface area contributed by atoms with Gasteiger partial charge >= 0.3 is 0 Å². The number of hydrogen-bond acceptors (Lipinski definition) is 4. The minimum atomic E-state index is -0.486. The van der Waals surface area contributed by atoms with Crippen LogP contribution in [-0.2, 0) is 4.79 Å². The second-order valence-electron chi connectivity index (χ2n) is 4.96. The van der Waals surface area contributed by atoms with E-state index in [1.807, 2.05) is 17.9 Å². The number of benzene rings is 1. The van der Waals surface area contributed by atoms with Gasteiger partial charge in [0.1, 0.15) is 17.4 Å². The van der Waals surface area contributed by atoms with Crippen LogP contribution in [0, 0.1) is 17.1 Å². The topological polar surface area (TPSA) is 59.4 Å².